The van der Waals surface area contributed by atoms with Crippen LogP contribution in [0.3, 0.4) is 0 Å². The predicted octanol–water partition coefficient (Wildman–Crippen LogP) is 11.0. The van der Waals surface area contributed by atoms with Gasteiger partial charge in [0.1, 0.15) is 6.10 Å². The van der Waals surface area contributed by atoms with E-state index in [0.29, 0.717) is 12.8 Å². The van der Waals surface area contributed by atoms with Crippen LogP contribution >= 0.6 is 0 Å². The molecule has 0 spiro atoms. The van der Waals surface area contributed by atoms with E-state index in [1.165, 1.54) is 27.9 Å². The van der Waals surface area contributed by atoms with E-state index in [1.54, 1.807) is 0 Å². The molecule has 2 aliphatic carbocycles. The molecular formula is C44H60O5. The zero-order chi connectivity index (χ0) is 36.8. The molecule has 0 saturated heterocycles. The minimum absolute atomic E-state index is 0.0119. The number of hydrogen-bond acceptors (Lipinski definition) is 4. The number of aliphatic carboxylic acids is 1. The van der Waals surface area contributed by atoms with E-state index < -0.39 is 11.9 Å². The highest BCUT2D eigenvalue weighted by Crippen LogP contribution is 2.43. The molecule has 0 aromatic heterocycles. The summed E-state index contributed by atoms with van der Waals surface area (Å²) in [5.41, 5.74) is 9.49. The molecule has 2 unspecified atom stereocenters. The van der Waals surface area contributed by atoms with E-state index in [4.69, 9.17) is 9.84 Å². The Morgan fingerprint density at radius 3 is 1.55 bits per heavy atom. The number of carbonyl (C=O) groups is 2. The van der Waals surface area contributed by atoms with Gasteiger partial charge in [0, 0.05) is 6.42 Å². The van der Waals surface area contributed by atoms with Gasteiger partial charge in [-0.1, -0.05) is 146 Å². The van der Waals surface area contributed by atoms with E-state index in [-0.39, 0.29) is 35.9 Å². The largest absolute Gasteiger partial charge is 0.481 e. The first-order valence-electron chi connectivity index (χ1n) is 17.5. The van der Waals surface area contributed by atoms with E-state index >= 15 is 0 Å². The van der Waals surface area contributed by atoms with E-state index in [2.05, 4.69) is 148 Å². The molecule has 0 aliphatic heterocycles. The van der Waals surface area contributed by atoms with Crippen LogP contribution in [0.1, 0.15) is 108 Å². The van der Waals surface area contributed by atoms with Crippen LogP contribution in [-0.4, -0.2) is 34.4 Å². The Labute approximate surface area is 296 Å². The minimum atomic E-state index is -0.993. The van der Waals surface area contributed by atoms with Crippen molar-refractivity contribution in [1.82, 2.24) is 0 Å². The summed E-state index contributed by atoms with van der Waals surface area (Å²) >= 11 is 0. The minimum Gasteiger partial charge on any atom is -0.481 e. The maximum absolute atomic E-state index is 12.1. The summed E-state index contributed by atoms with van der Waals surface area (Å²) in [4.78, 5) is 22.8. The molecular weight excluding hydrogens is 608 g/mol. The van der Waals surface area contributed by atoms with Crippen molar-refractivity contribution in [3.05, 3.63) is 130 Å². The second-order valence-electron chi connectivity index (χ2n) is 15.0. The van der Waals surface area contributed by atoms with Crippen molar-refractivity contribution in [2.45, 2.75) is 120 Å². The van der Waals surface area contributed by atoms with Crippen molar-refractivity contribution >= 4 is 11.9 Å². The highest BCUT2D eigenvalue weighted by molar-refractivity contribution is 5.76. The molecule has 0 aromatic rings. The molecule has 266 valence electrons. The maximum Gasteiger partial charge on any atom is 0.306 e. The van der Waals surface area contributed by atoms with E-state index in [1.807, 2.05) is 6.08 Å². The fourth-order valence-corrected chi connectivity index (χ4v) is 6.64. The predicted molar refractivity (Wildman–Crippen MR) is 205 cm³/mol. The van der Waals surface area contributed by atoms with E-state index in [0.717, 1.165) is 29.6 Å². The summed E-state index contributed by atoms with van der Waals surface area (Å²) in [5.74, 6) is -1.44. The van der Waals surface area contributed by atoms with Crippen LogP contribution in [0.2, 0.25) is 0 Å². The van der Waals surface area contributed by atoms with Crippen LogP contribution in [0, 0.1) is 10.8 Å². The molecule has 2 rings (SSSR count). The number of ether oxygens (including phenoxy) is 1. The topological polar surface area (TPSA) is 83.8 Å². The molecule has 5 nitrogen and oxygen atoms in total. The lowest BCUT2D eigenvalue weighted by atomic mass is 9.71. The highest BCUT2D eigenvalue weighted by atomic mass is 16.5. The lowest BCUT2D eigenvalue weighted by molar-refractivity contribution is -0.153. The van der Waals surface area contributed by atoms with Crippen LogP contribution in [0.4, 0.5) is 0 Å². The van der Waals surface area contributed by atoms with Gasteiger partial charge in [0.25, 0.3) is 0 Å². The molecule has 49 heavy (non-hydrogen) atoms. The number of rotatable bonds is 14. The summed E-state index contributed by atoms with van der Waals surface area (Å²) < 4.78 is 5.59. The first-order valence-corrected chi connectivity index (χ1v) is 17.5. The first kappa shape index (κ1) is 41.2. The van der Waals surface area contributed by atoms with Gasteiger partial charge in [-0.15, -0.1) is 0 Å². The van der Waals surface area contributed by atoms with Crippen molar-refractivity contribution in [1.29, 1.82) is 0 Å². The molecule has 0 saturated carbocycles. The molecule has 0 aromatic carbocycles. The summed E-state index contributed by atoms with van der Waals surface area (Å²) in [6, 6.07) is 0. The number of aliphatic hydroxyl groups is 1. The standard InChI is InChI=1S/C44H60O5/c1-31(17-13-19-33(3)21-23-39-35(5)27-37(45)29-43(39,7)8)15-11-12-16-32(2)18-14-20-34(4)22-24-40-36(6)28-38(30-44(40,9)10)49-42(48)26-25-41(46)47/h11-24,37-38,45H,25-30H2,1-10H3,(H,46,47)/b12-11+,17-13+,18-14+,23-21+,24-22+,31-15+,32-16+,33-19+,34-20+. The van der Waals surface area contributed by atoms with Gasteiger partial charge in [-0.25, -0.2) is 0 Å². The number of hydrogen-bond donors (Lipinski definition) is 2. The number of allylic oxidation sites excluding steroid dienone is 20. The molecule has 0 bridgehead atoms. The van der Waals surface area contributed by atoms with Crippen molar-refractivity contribution in [2.75, 3.05) is 0 Å². The third-order valence-corrected chi connectivity index (χ3v) is 9.07. The summed E-state index contributed by atoms with van der Waals surface area (Å²) in [7, 11) is 0. The number of carbonyl (C=O) groups excluding carboxylic acids is 1. The van der Waals surface area contributed by atoms with Crippen LogP contribution in [0.25, 0.3) is 0 Å². The molecule has 0 fully saturated rings. The number of carboxylic acids is 1. The molecule has 0 heterocycles. The van der Waals surface area contributed by atoms with Crippen molar-refractivity contribution in [3.8, 4) is 0 Å². The van der Waals surface area contributed by atoms with Gasteiger partial charge in [-0.3, -0.25) is 9.59 Å². The van der Waals surface area contributed by atoms with Crippen LogP contribution in [0.5, 0.6) is 0 Å². The van der Waals surface area contributed by atoms with Crippen molar-refractivity contribution in [2.24, 2.45) is 10.8 Å². The first-order chi connectivity index (χ1) is 22.9. The zero-order valence-electron chi connectivity index (χ0n) is 31.6. The monoisotopic (exact) mass is 668 g/mol. The highest BCUT2D eigenvalue weighted by Gasteiger charge is 2.34. The molecule has 2 N–H and O–H groups in total. The quantitative estimate of drug-likeness (QED) is 0.142. The van der Waals surface area contributed by atoms with Gasteiger partial charge >= 0.3 is 11.9 Å². The third-order valence-electron chi connectivity index (χ3n) is 9.07. The van der Waals surface area contributed by atoms with Gasteiger partial charge in [-0.2, -0.15) is 0 Å². The van der Waals surface area contributed by atoms with E-state index in [9.17, 15) is 14.7 Å². The molecule has 5 heteroatoms. The Morgan fingerprint density at radius 2 is 1.10 bits per heavy atom. The molecule has 0 amide bonds. The second kappa shape index (κ2) is 19.3. The normalized spacial score (nSPS) is 22.9. The van der Waals surface area contributed by atoms with Crippen LogP contribution in [0.15, 0.2) is 130 Å². The van der Waals surface area contributed by atoms with Gasteiger partial charge in [-0.05, 0) is 82.8 Å². The summed E-state index contributed by atoms with van der Waals surface area (Å²) in [6.45, 7) is 21.3. The smallest absolute Gasteiger partial charge is 0.306 e. The van der Waals surface area contributed by atoms with Gasteiger partial charge in [0.05, 0.1) is 18.9 Å². The fourth-order valence-electron chi connectivity index (χ4n) is 6.64. The summed E-state index contributed by atoms with van der Waals surface area (Å²) in [5, 5.41) is 18.9. The van der Waals surface area contributed by atoms with Gasteiger partial charge in [0.15, 0.2) is 0 Å². The Kier molecular flexibility index (Phi) is 16.2. The maximum atomic E-state index is 12.1. The average molecular weight is 669 g/mol. The number of carboxylic acid groups (broad SMARTS) is 1. The zero-order valence-corrected chi connectivity index (χ0v) is 31.6. The lowest BCUT2D eigenvalue weighted by Crippen LogP contribution is -2.32. The molecule has 2 atom stereocenters. The van der Waals surface area contributed by atoms with Crippen molar-refractivity contribution < 1.29 is 24.5 Å². The Balaban J connectivity index is 1.91. The van der Waals surface area contributed by atoms with Crippen LogP contribution in [-0.2, 0) is 14.3 Å². The van der Waals surface area contributed by atoms with Crippen LogP contribution < -0.4 is 0 Å². The Hall–Kier alpha value is -3.96. The van der Waals surface area contributed by atoms with Gasteiger partial charge < -0.3 is 14.9 Å². The summed E-state index contributed by atoms with van der Waals surface area (Å²) in [6.07, 6.45) is 31.6. The number of esters is 1. The van der Waals surface area contributed by atoms with Gasteiger partial charge in [0.2, 0.25) is 0 Å². The van der Waals surface area contributed by atoms with Crippen molar-refractivity contribution in [3.63, 3.8) is 0 Å². The number of aliphatic hydroxyl groups excluding tert-OH is 1. The molecule has 2 aliphatic rings. The fraction of sp³-hybridized carbons (Fsp3) is 0.455. The molecule has 0 radical (unpaired) electrons. The third kappa shape index (κ3) is 15.0. The Bertz CT molecular complexity index is 1540. The Morgan fingerprint density at radius 1 is 0.673 bits per heavy atom. The second-order valence-corrected chi connectivity index (χ2v) is 15.0. The average Bonchev–Trinajstić information content (AvgIpc) is 2.96. The SMILES string of the molecule is CC1=C(/C=C/C(C)=C/C=C/C(C)=C/C=C/C=C(C)/C=C/C=C(C)/C=C/C2=C(C)CC(OC(=O)CCC(=O)O)CC2(C)C)C(C)(C)CC(O)C1. The lowest BCUT2D eigenvalue weighted by Gasteiger charge is -2.37.